The molecule has 0 radical (unpaired) electrons. The second kappa shape index (κ2) is 4.60. The van der Waals surface area contributed by atoms with Crippen molar-refractivity contribution in [3.63, 3.8) is 0 Å². The number of aromatic nitrogens is 2. The molecule has 0 saturated carbocycles. The molecule has 0 bridgehead atoms. The predicted molar refractivity (Wildman–Crippen MR) is 81.0 cm³/mol. The number of nitrogens with two attached hydrogens (primary N) is 1. The molecule has 0 aliphatic rings. The van der Waals surface area contributed by atoms with Crippen molar-refractivity contribution in [1.29, 1.82) is 0 Å². The maximum absolute atomic E-state index is 6.15. The van der Waals surface area contributed by atoms with Crippen molar-refractivity contribution in [3.8, 4) is 11.4 Å². The van der Waals surface area contributed by atoms with Crippen LogP contribution in [0.25, 0.3) is 22.4 Å². The molecule has 0 atom stereocenters. The first-order chi connectivity index (χ1) is 9.04. The summed E-state index contributed by atoms with van der Waals surface area (Å²) in [5, 5.41) is 1.51. The topological polar surface area (TPSA) is 54.7 Å². The van der Waals surface area contributed by atoms with Crippen LogP contribution in [-0.2, 0) is 0 Å². The smallest absolute Gasteiger partial charge is 0.140 e. The zero-order valence-electron chi connectivity index (χ0n) is 9.55. The van der Waals surface area contributed by atoms with Crippen LogP contribution in [0.15, 0.2) is 30.3 Å². The fraction of sp³-hybridized carbons (Fsp3) is 0. The Kier molecular flexibility index (Phi) is 3.05. The van der Waals surface area contributed by atoms with Crippen LogP contribution in [0, 0.1) is 0 Å². The van der Waals surface area contributed by atoms with Crippen molar-refractivity contribution in [2.24, 2.45) is 0 Å². The molecule has 1 heterocycles. The summed E-state index contributed by atoms with van der Waals surface area (Å²) in [6.07, 6.45) is 0. The summed E-state index contributed by atoms with van der Waals surface area (Å²) in [6.45, 7) is 0. The quantitative estimate of drug-likeness (QED) is 0.636. The van der Waals surface area contributed by atoms with Gasteiger partial charge in [0.2, 0.25) is 0 Å². The van der Waals surface area contributed by atoms with Crippen LogP contribution in [0.4, 0.5) is 5.69 Å². The molecule has 0 saturated heterocycles. The van der Waals surface area contributed by atoms with Crippen LogP contribution in [0.2, 0.25) is 15.1 Å². The number of aromatic amines is 1. The molecule has 96 valence electrons. The van der Waals surface area contributed by atoms with E-state index >= 15 is 0 Å². The summed E-state index contributed by atoms with van der Waals surface area (Å²) in [7, 11) is 0. The maximum atomic E-state index is 6.15. The molecular weight excluding hydrogens is 305 g/mol. The molecular formula is C13H8Cl3N3. The van der Waals surface area contributed by atoms with Gasteiger partial charge in [0.25, 0.3) is 0 Å². The summed E-state index contributed by atoms with van der Waals surface area (Å²) in [4.78, 5) is 7.60. The predicted octanol–water partition coefficient (Wildman–Crippen LogP) is 4.77. The van der Waals surface area contributed by atoms with Crippen molar-refractivity contribution >= 4 is 51.5 Å². The standard InChI is InChI=1S/C13H8Cl3N3/c14-8-2-1-6(17)3-7(8)13-18-11-4-9(15)10(16)5-12(11)19-13/h1-5H,17H2,(H,18,19). The Hall–Kier alpha value is -1.42. The number of benzene rings is 2. The van der Waals surface area contributed by atoms with Crippen LogP contribution < -0.4 is 5.73 Å². The van der Waals surface area contributed by atoms with Gasteiger partial charge in [-0.3, -0.25) is 0 Å². The number of nitrogen functional groups attached to an aromatic ring is 1. The molecule has 0 aliphatic carbocycles. The number of hydrogen-bond acceptors (Lipinski definition) is 2. The lowest BCUT2D eigenvalue weighted by atomic mass is 10.2. The van der Waals surface area contributed by atoms with Crippen LogP contribution in [0.1, 0.15) is 0 Å². The number of anilines is 1. The first kappa shape index (κ1) is 12.6. The summed E-state index contributed by atoms with van der Waals surface area (Å²) >= 11 is 18.1. The largest absolute Gasteiger partial charge is 0.399 e. The Labute approximate surface area is 124 Å². The van der Waals surface area contributed by atoms with E-state index in [0.29, 0.717) is 26.6 Å². The van der Waals surface area contributed by atoms with E-state index in [1.54, 1.807) is 30.3 Å². The average Bonchev–Trinajstić information content (AvgIpc) is 2.75. The lowest BCUT2D eigenvalue weighted by Gasteiger charge is -2.01. The van der Waals surface area contributed by atoms with Gasteiger partial charge in [-0.25, -0.2) is 4.98 Å². The van der Waals surface area contributed by atoms with E-state index in [1.807, 2.05) is 0 Å². The van der Waals surface area contributed by atoms with Gasteiger partial charge in [-0.05, 0) is 30.3 Å². The first-order valence-electron chi connectivity index (χ1n) is 5.45. The van der Waals surface area contributed by atoms with Gasteiger partial charge in [0.15, 0.2) is 0 Å². The van der Waals surface area contributed by atoms with Gasteiger partial charge in [-0.2, -0.15) is 0 Å². The molecule has 2 aromatic carbocycles. The lowest BCUT2D eigenvalue weighted by molar-refractivity contribution is 1.34. The molecule has 0 aliphatic heterocycles. The monoisotopic (exact) mass is 311 g/mol. The van der Waals surface area contributed by atoms with E-state index in [9.17, 15) is 0 Å². The van der Waals surface area contributed by atoms with E-state index in [0.717, 1.165) is 16.6 Å². The van der Waals surface area contributed by atoms with E-state index in [4.69, 9.17) is 40.5 Å². The van der Waals surface area contributed by atoms with Crippen LogP contribution in [0.3, 0.4) is 0 Å². The molecule has 6 heteroatoms. The van der Waals surface area contributed by atoms with Crippen LogP contribution in [0.5, 0.6) is 0 Å². The highest BCUT2D eigenvalue weighted by molar-refractivity contribution is 6.42. The van der Waals surface area contributed by atoms with Gasteiger partial charge in [0.05, 0.1) is 26.1 Å². The van der Waals surface area contributed by atoms with Crippen molar-refractivity contribution in [1.82, 2.24) is 9.97 Å². The molecule has 1 aromatic heterocycles. The Balaban J connectivity index is 2.23. The minimum Gasteiger partial charge on any atom is -0.399 e. The number of imidazole rings is 1. The second-order valence-corrected chi connectivity index (χ2v) is 5.33. The minimum atomic E-state index is 0.464. The van der Waals surface area contributed by atoms with Gasteiger partial charge >= 0.3 is 0 Å². The molecule has 3 aromatic rings. The Morgan fingerprint density at radius 2 is 1.68 bits per heavy atom. The third-order valence-corrected chi connectivity index (χ3v) is 3.82. The van der Waals surface area contributed by atoms with Crippen molar-refractivity contribution in [2.45, 2.75) is 0 Å². The number of fused-ring (bicyclic) bond motifs is 1. The fourth-order valence-corrected chi connectivity index (χ4v) is 2.39. The molecule has 0 fully saturated rings. The second-order valence-electron chi connectivity index (χ2n) is 4.11. The highest BCUT2D eigenvalue weighted by atomic mass is 35.5. The number of nitrogens with zero attached hydrogens (tertiary/aromatic N) is 1. The summed E-state index contributed by atoms with van der Waals surface area (Å²) in [6, 6.07) is 8.68. The van der Waals surface area contributed by atoms with Gasteiger partial charge in [0, 0.05) is 11.3 Å². The third-order valence-electron chi connectivity index (χ3n) is 2.77. The molecule has 19 heavy (non-hydrogen) atoms. The number of H-pyrrole nitrogens is 1. The van der Waals surface area contributed by atoms with Gasteiger partial charge < -0.3 is 10.7 Å². The van der Waals surface area contributed by atoms with Crippen LogP contribution in [-0.4, -0.2) is 9.97 Å². The van der Waals surface area contributed by atoms with Crippen molar-refractivity contribution < 1.29 is 0 Å². The molecule has 0 unspecified atom stereocenters. The normalized spacial score (nSPS) is 11.1. The van der Waals surface area contributed by atoms with Gasteiger partial charge in [-0.1, -0.05) is 34.8 Å². The number of hydrogen-bond donors (Lipinski definition) is 2. The van der Waals surface area contributed by atoms with Crippen molar-refractivity contribution in [3.05, 3.63) is 45.4 Å². The van der Waals surface area contributed by atoms with Gasteiger partial charge in [0.1, 0.15) is 5.82 Å². The first-order valence-corrected chi connectivity index (χ1v) is 6.58. The highest BCUT2D eigenvalue weighted by Crippen LogP contribution is 2.32. The lowest BCUT2D eigenvalue weighted by Crippen LogP contribution is -1.87. The molecule has 3 nitrogen and oxygen atoms in total. The average molecular weight is 313 g/mol. The number of nitrogens with one attached hydrogen (secondary N) is 1. The summed E-state index contributed by atoms with van der Waals surface area (Å²) in [5.41, 5.74) is 8.65. The van der Waals surface area contributed by atoms with E-state index < -0.39 is 0 Å². The van der Waals surface area contributed by atoms with Crippen LogP contribution >= 0.6 is 34.8 Å². The van der Waals surface area contributed by atoms with E-state index in [-0.39, 0.29) is 0 Å². The fourth-order valence-electron chi connectivity index (χ4n) is 1.86. The Morgan fingerprint density at radius 3 is 2.47 bits per heavy atom. The number of rotatable bonds is 1. The maximum Gasteiger partial charge on any atom is 0.140 e. The molecule has 3 rings (SSSR count). The molecule has 0 amide bonds. The summed E-state index contributed by atoms with van der Waals surface area (Å²) in [5.74, 6) is 0.630. The Bertz CT molecular complexity index is 741. The minimum absolute atomic E-state index is 0.464. The highest BCUT2D eigenvalue weighted by Gasteiger charge is 2.11. The molecule has 0 spiro atoms. The Morgan fingerprint density at radius 1 is 0.947 bits per heavy atom. The third kappa shape index (κ3) is 2.25. The zero-order chi connectivity index (χ0) is 13.6. The van der Waals surface area contributed by atoms with Crippen molar-refractivity contribution in [2.75, 3.05) is 5.73 Å². The SMILES string of the molecule is Nc1ccc(Cl)c(-c2nc3cc(Cl)c(Cl)cc3[nH]2)c1. The van der Waals surface area contributed by atoms with E-state index in [1.165, 1.54) is 0 Å². The van der Waals surface area contributed by atoms with Gasteiger partial charge in [-0.15, -0.1) is 0 Å². The number of halogens is 3. The van der Waals surface area contributed by atoms with E-state index in [2.05, 4.69) is 9.97 Å². The zero-order valence-corrected chi connectivity index (χ0v) is 11.8. The molecule has 3 N–H and O–H groups in total. The summed E-state index contributed by atoms with van der Waals surface area (Å²) < 4.78 is 0.